The van der Waals surface area contributed by atoms with Crippen LogP contribution < -0.4 is 10.6 Å². The molecule has 1 aromatic heterocycles. The van der Waals surface area contributed by atoms with Crippen LogP contribution in [0.25, 0.3) is 0 Å². The first kappa shape index (κ1) is 11.7. The third-order valence-corrected chi connectivity index (χ3v) is 1.98. The molecule has 1 heterocycles. The van der Waals surface area contributed by atoms with Crippen molar-refractivity contribution >= 4 is 5.91 Å². The van der Waals surface area contributed by atoms with Gasteiger partial charge in [-0.3, -0.25) is 9.48 Å². The number of amides is 1. The molecule has 0 spiro atoms. The molecule has 84 valence electrons. The summed E-state index contributed by atoms with van der Waals surface area (Å²) in [5.41, 5.74) is 0. The van der Waals surface area contributed by atoms with E-state index < -0.39 is 0 Å². The molecule has 1 aromatic rings. The Labute approximate surface area is 89.9 Å². The number of carbonyl (C=O) groups is 1. The lowest BCUT2D eigenvalue weighted by atomic mass is 10.4. The van der Waals surface area contributed by atoms with Crippen LogP contribution in [-0.4, -0.2) is 35.3 Å². The molecule has 2 N–H and O–H groups in total. The SMILES string of the molecule is CCNC(=O)CCNCCn1cccn1. The van der Waals surface area contributed by atoms with Gasteiger partial charge in [0.1, 0.15) is 0 Å². The van der Waals surface area contributed by atoms with E-state index in [1.165, 1.54) is 0 Å². The molecule has 0 bridgehead atoms. The average Bonchev–Trinajstić information content (AvgIpc) is 2.70. The Morgan fingerprint density at radius 3 is 3.00 bits per heavy atom. The van der Waals surface area contributed by atoms with Crippen molar-refractivity contribution < 1.29 is 4.79 Å². The van der Waals surface area contributed by atoms with Crippen molar-refractivity contribution in [1.29, 1.82) is 0 Å². The minimum Gasteiger partial charge on any atom is -0.356 e. The zero-order valence-electron chi connectivity index (χ0n) is 9.07. The molecule has 1 rings (SSSR count). The normalized spacial score (nSPS) is 10.2. The standard InChI is InChI=1S/C10H18N4O/c1-2-12-10(15)4-6-11-7-9-14-8-3-5-13-14/h3,5,8,11H,2,4,6-7,9H2,1H3,(H,12,15). The van der Waals surface area contributed by atoms with Gasteiger partial charge in [-0.05, 0) is 13.0 Å². The lowest BCUT2D eigenvalue weighted by Crippen LogP contribution is -2.28. The molecule has 0 atom stereocenters. The van der Waals surface area contributed by atoms with Gasteiger partial charge in [0.25, 0.3) is 0 Å². The van der Waals surface area contributed by atoms with E-state index in [1.807, 2.05) is 23.9 Å². The summed E-state index contributed by atoms with van der Waals surface area (Å²) >= 11 is 0. The second-order valence-electron chi connectivity index (χ2n) is 3.22. The zero-order chi connectivity index (χ0) is 10.9. The molecule has 1 amide bonds. The van der Waals surface area contributed by atoms with Gasteiger partial charge >= 0.3 is 0 Å². The Balaban J connectivity index is 1.95. The summed E-state index contributed by atoms with van der Waals surface area (Å²) < 4.78 is 1.86. The van der Waals surface area contributed by atoms with Crippen molar-refractivity contribution in [3.8, 4) is 0 Å². The lowest BCUT2D eigenvalue weighted by molar-refractivity contribution is -0.120. The van der Waals surface area contributed by atoms with Gasteiger partial charge < -0.3 is 10.6 Å². The molecule has 0 radical (unpaired) electrons. The largest absolute Gasteiger partial charge is 0.356 e. The number of carbonyl (C=O) groups excluding carboxylic acids is 1. The van der Waals surface area contributed by atoms with Crippen molar-refractivity contribution in [3.63, 3.8) is 0 Å². The first-order valence-electron chi connectivity index (χ1n) is 5.27. The maximum Gasteiger partial charge on any atom is 0.221 e. The van der Waals surface area contributed by atoms with Gasteiger partial charge in [0.2, 0.25) is 5.91 Å². The van der Waals surface area contributed by atoms with E-state index in [0.717, 1.165) is 13.1 Å². The number of nitrogens with one attached hydrogen (secondary N) is 2. The Bertz CT molecular complexity index is 271. The Hall–Kier alpha value is -1.36. The van der Waals surface area contributed by atoms with E-state index in [-0.39, 0.29) is 5.91 Å². The van der Waals surface area contributed by atoms with Crippen LogP contribution in [0.2, 0.25) is 0 Å². The van der Waals surface area contributed by atoms with Crippen LogP contribution in [0, 0.1) is 0 Å². The second kappa shape index (κ2) is 7.00. The van der Waals surface area contributed by atoms with Crippen molar-refractivity contribution in [2.24, 2.45) is 0 Å². The monoisotopic (exact) mass is 210 g/mol. The van der Waals surface area contributed by atoms with Crippen LogP contribution in [0.15, 0.2) is 18.5 Å². The highest BCUT2D eigenvalue weighted by Crippen LogP contribution is 1.83. The van der Waals surface area contributed by atoms with Crippen molar-refractivity contribution in [2.75, 3.05) is 19.6 Å². The fraction of sp³-hybridized carbons (Fsp3) is 0.600. The fourth-order valence-corrected chi connectivity index (χ4v) is 1.24. The van der Waals surface area contributed by atoms with Gasteiger partial charge in [0.15, 0.2) is 0 Å². The van der Waals surface area contributed by atoms with Crippen LogP contribution in [0.4, 0.5) is 0 Å². The summed E-state index contributed by atoms with van der Waals surface area (Å²) in [5, 5.41) is 10.0. The van der Waals surface area contributed by atoms with E-state index in [4.69, 9.17) is 0 Å². The number of hydrogen-bond donors (Lipinski definition) is 2. The predicted octanol–water partition coefficient (Wildman–Crippen LogP) is -0.00110. The van der Waals surface area contributed by atoms with Gasteiger partial charge in [0.05, 0.1) is 6.54 Å². The molecule has 0 aliphatic rings. The van der Waals surface area contributed by atoms with Crippen LogP contribution >= 0.6 is 0 Å². The minimum atomic E-state index is 0.101. The Morgan fingerprint density at radius 1 is 1.47 bits per heavy atom. The molecule has 0 aliphatic heterocycles. The summed E-state index contributed by atoms with van der Waals surface area (Å²) in [5.74, 6) is 0.101. The number of aromatic nitrogens is 2. The van der Waals surface area contributed by atoms with Crippen molar-refractivity contribution in [1.82, 2.24) is 20.4 Å². The second-order valence-corrected chi connectivity index (χ2v) is 3.22. The highest BCUT2D eigenvalue weighted by atomic mass is 16.1. The van der Waals surface area contributed by atoms with Gasteiger partial charge in [0, 0.05) is 38.4 Å². The number of hydrogen-bond acceptors (Lipinski definition) is 3. The predicted molar refractivity (Wildman–Crippen MR) is 58.4 cm³/mol. The van der Waals surface area contributed by atoms with E-state index in [2.05, 4.69) is 15.7 Å². The molecule has 0 aromatic carbocycles. The quantitative estimate of drug-likeness (QED) is 0.623. The van der Waals surface area contributed by atoms with Gasteiger partial charge in [-0.25, -0.2) is 0 Å². The molecule has 0 aliphatic carbocycles. The number of nitrogens with zero attached hydrogens (tertiary/aromatic N) is 2. The molecular weight excluding hydrogens is 192 g/mol. The topological polar surface area (TPSA) is 59.0 Å². The molecule has 0 fully saturated rings. The zero-order valence-corrected chi connectivity index (χ0v) is 9.07. The molecule has 5 nitrogen and oxygen atoms in total. The molecule has 0 unspecified atom stereocenters. The molecule has 5 heteroatoms. The van der Waals surface area contributed by atoms with Crippen LogP contribution in [0.1, 0.15) is 13.3 Å². The van der Waals surface area contributed by atoms with Gasteiger partial charge in [-0.15, -0.1) is 0 Å². The van der Waals surface area contributed by atoms with Crippen LogP contribution in [-0.2, 0) is 11.3 Å². The van der Waals surface area contributed by atoms with Gasteiger partial charge in [-0.2, -0.15) is 5.10 Å². The first-order valence-corrected chi connectivity index (χ1v) is 5.27. The lowest BCUT2D eigenvalue weighted by Gasteiger charge is -2.05. The van der Waals surface area contributed by atoms with Crippen molar-refractivity contribution in [2.45, 2.75) is 19.9 Å². The summed E-state index contributed by atoms with van der Waals surface area (Å²) in [6.45, 7) is 5.01. The Kier molecular flexibility index (Phi) is 5.47. The van der Waals surface area contributed by atoms with Crippen LogP contribution in [0.5, 0.6) is 0 Å². The van der Waals surface area contributed by atoms with E-state index >= 15 is 0 Å². The van der Waals surface area contributed by atoms with Crippen molar-refractivity contribution in [3.05, 3.63) is 18.5 Å². The van der Waals surface area contributed by atoms with Gasteiger partial charge in [-0.1, -0.05) is 0 Å². The summed E-state index contributed by atoms with van der Waals surface area (Å²) in [6.07, 6.45) is 4.22. The summed E-state index contributed by atoms with van der Waals surface area (Å²) in [4.78, 5) is 11.1. The minimum absolute atomic E-state index is 0.101. The van der Waals surface area contributed by atoms with E-state index in [0.29, 0.717) is 19.5 Å². The number of rotatable bonds is 7. The Morgan fingerprint density at radius 2 is 2.33 bits per heavy atom. The molecule has 0 saturated carbocycles. The highest BCUT2D eigenvalue weighted by molar-refractivity contribution is 5.75. The summed E-state index contributed by atoms with van der Waals surface area (Å²) in [6, 6.07) is 1.90. The summed E-state index contributed by atoms with van der Waals surface area (Å²) in [7, 11) is 0. The molecule has 0 saturated heterocycles. The molecular formula is C10H18N4O. The fourth-order valence-electron chi connectivity index (χ4n) is 1.24. The highest BCUT2D eigenvalue weighted by Gasteiger charge is 1.97. The maximum atomic E-state index is 11.1. The van der Waals surface area contributed by atoms with Crippen LogP contribution in [0.3, 0.4) is 0 Å². The van der Waals surface area contributed by atoms with E-state index in [1.54, 1.807) is 6.20 Å². The third-order valence-electron chi connectivity index (χ3n) is 1.98. The maximum absolute atomic E-state index is 11.1. The third kappa shape index (κ3) is 5.17. The van der Waals surface area contributed by atoms with E-state index in [9.17, 15) is 4.79 Å². The first-order chi connectivity index (χ1) is 7.33. The average molecular weight is 210 g/mol. The molecule has 15 heavy (non-hydrogen) atoms. The smallest absolute Gasteiger partial charge is 0.221 e.